The molecule has 0 aliphatic rings. The molecule has 2 nitrogen and oxygen atoms in total. The van der Waals surface area contributed by atoms with Gasteiger partial charge in [0.25, 0.3) is 5.24 Å². The average molecular weight is 279 g/mol. The first-order chi connectivity index (χ1) is 8.77. The minimum Gasteiger partial charge on any atom is -0.425 e. The van der Waals surface area contributed by atoms with Crippen molar-refractivity contribution in [2.24, 2.45) is 0 Å². The fourth-order valence-electron chi connectivity index (χ4n) is 1.44. The zero-order valence-corrected chi connectivity index (χ0v) is 11.1. The Hall–Kier alpha value is -1.45. The SMILES string of the molecule is O=C(Cl)c1ccccc1OSCc1ccccc1. The van der Waals surface area contributed by atoms with Crippen molar-refractivity contribution in [3.63, 3.8) is 0 Å². The molecule has 0 aliphatic heterocycles. The van der Waals surface area contributed by atoms with Crippen LogP contribution in [0.5, 0.6) is 5.75 Å². The second-order valence-corrected chi connectivity index (χ2v) is 4.64. The molecule has 0 saturated carbocycles. The minimum atomic E-state index is -0.508. The van der Waals surface area contributed by atoms with Crippen LogP contribution in [0.25, 0.3) is 0 Å². The molecular formula is C14H11ClO2S. The standard InChI is InChI=1S/C14H11ClO2S/c15-14(16)12-8-4-5-9-13(12)17-18-10-11-6-2-1-3-7-11/h1-9H,10H2. The van der Waals surface area contributed by atoms with E-state index in [1.807, 2.05) is 36.4 Å². The van der Waals surface area contributed by atoms with Gasteiger partial charge in [-0.3, -0.25) is 4.79 Å². The van der Waals surface area contributed by atoms with Crippen molar-refractivity contribution in [3.8, 4) is 5.75 Å². The van der Waals surface area contributed by atoms with E-state index >= 15 is 0 Å². The third kappa shape index (κ3) is 3.52. The lowest BCUT2D eigenvalue weighted by atomic mass is 10.2. The maximum atomic E-state index is 11.2. The largest absolute Gasteiger partial charge is 0.425 e. The number of hydrogen-bond donors (Lipinski definition) is 0. The molecule has 0 spiro atoms. The van der Waals surface area contributed by atoms with E-state index in [0.717, 1.165) is 5.56 Å². The molecule has 0 aliphatic carbocycles. The second kappa shape index (κ2) is 6.47. The maximum Gasteiger partial charge on any atom is 0.256 e. The van der Waals surface area contributed by atoms with Crippen molar-refractivity contribution in [2.75, 3.05) is 0 Å². The number of carbonyl (C=O) groups excluding carboxylic acids is 1. The lowest BCUT2D eigenvalue weighted by molar-refractivity contribution is 0.108. The zero-order chi connectivity index (χ0) is 12.8. The molecule has 0 N–H and O–H groups in total. The van der Waals surface area contributed by atoms with Gasteiger partial charge in [0.2, 0.25) is 0 Å². The molecule has 92 valence electrons. The van der Waals surface area contributed by atoms with Gasteiger partial charge in [-0.1, -0.05) is 42.5 Å². The Labute approximate surface area is 115 Å². The van der Waals surface area contributed by atoms with Gasteiger partial charge in [-0.05, 0) is 29.3 Å². The Morgan fingerprint density at radius 2 is 1.72 bits per heavy atom. The summed E-state index contributed by atoms with van der Waals surface area (Å²) < 4.78 is 5.51. The molecule has 2 rings (SSSR count). The Kier molecular flexibility index (Phi) is 4.67. The third-order valence-corrected chi connectivity index (χ3v) is 3.27. The molecule has 0 unspecified atom stereocenters. The quantitative estimate of drug-likeness (QED) is 0.603. The highest BCUT2D eigenvalue weighted by molar-refractivity contribution is 7.94. The minimum absolute atomic E-state index is 0.389. The lowest BCUT2D eigenvalue weighted by Gasteiger charge is -2.06. The maximum absolute atomic E-state index is 11.2. The molecule has 0 atom stereocenters. The van der Waals surface area contributed by atoms with E-state index in [1.54, 1.807) is 18.2 Å². The first-order valence-electron chi connectivity index (χ1n) is 5.39. The summed E-state index contributed by atoms with van der Waals surface area (Å²) in [6, 6.07) is 16.9. The highest BCUT2D eigenvalue weighted by Gasteiger charge is 2.09. The molecule has 0 bridgehead atoms. The summed E-state index contributed by atoms with van der Waals surface area (Å²) in [5, 5.41) is -0.508. The van der Waals surface area contributed by atoms with E-state index in [-0.39, 0.29) is 0 Å². The van der Waals surface area contributed by atoms with Crippen LogP contribution < -0.4 is 4.18 Å². The van der Waals surface area contributed by atoms with Gasteiger partial charge >= 0.3 is 0 Å². The number of para-hydroxylation sites is 1. The number of halogens is 1. The predicted molar refractivity (Wildman–Crippen MR) is 75.0 cm³/mol. The van der Waals surface area contributed by atoms with Crippen LogP contribution in [0.3, 0.4) is 0 Å². The predicted octanol–water partition coefficient (Wildman–Crippen LogP) is 4.29. The number of carbonyl (C=O) groups is 1. The summed E-state index contributed by atoms with van der Waals surface area (Å²) in [7, 11) is 0. The van der Waals surface area contributed by atoms with Crippen LogP contribution in [0.1, 0.15) is 15.9 Å². The fraction of sp³-hybridized carbons (Fsp3) is 0.0714. The van der Waals surface area contributed by atoms with Gasteiger partial charge in [0, 0.05) is 0 Å². The van der Waals surface area contributed by atoms with Crippen LogP contribution in [0, 0.1) is 0 Å². The topological polar surface area (TPSA) is 26.3 Å². The number of benzene rings is 2. The molecule has 0 aromatic heterocycles. The molecule has 4 heteroatoms. The Morgan fingerprint density at radius 1 is 1.06 bits per heavy atom. The van der Waals surface area contributed by atoms with Crippen LogP contribution in [0.15, 0.2) is 54.6 Å². The van der Waals surface area contributed by atoms with E-state index in [2.05, 4.69) is 0 Å². The molecule has 0 heterocycles. The molecule has 2 aromatic carbocycles. The number of rotatable bonds is 5. The van der Waals surface area contributed by atoms with E-state index in [4.69, 9.17) is 15.8 Å². The Morgan fingerprint density at radius 3 is 2.44 bits per heavy atom. The average Bonchev–Trinajstić information content (AvgIpc) is 2.40. The van der Waals surface area contributed by atoms with Gasteiger partial charge < -0.3 is 4.18 Å². The van der Waals surface area contributed by atoms with Crippen molar-refractivity contribution in [1.82, 2.24) is 0 Å². The highest BCUT2D eigenvalue weighted by Crippen LogP contribution is 2.25. The molecule has 0 saturated heterocycles. The molecular weight excluding hydrogens is 268 g/mol. The van der Waals surface area contributed by atoms with Gasteiger partial charge in [-0.25, -0.2) is 0 Å². The van der Waals surface area contributed by atoms with Crippen molar-refractivity contribution in [2.45, 2.75) is 5.75 Å². The van der Waals surface area contributed by atoms with Crippen molar-refractivity contribution in [3.05, 3.63) is 65.7 Å². The van der Waals surface area contributed by atoms with Crippen LogP contribution in [0.2, 0.25) is 0 Å². The van der Waals surface area contributed by atoms with Crippen molar-refractivity contribution >= 4 is 28.9 Å². The summed E-state index contributed by atoms with van der Waals surface area (Å²) in [6.45, 7) is 0. The summed E-state index contributed by atoms with van der Waals surface area (Å²) in [6.07, 6.45) is 0. The Balaban J connectivity index is 1.97. The monoisotopic (exact) mass is 278 g/mol. The Bertz CT molecular complexity index is 528. The van der Waals surface area contributed by atoms with Gasteiger partial charge in [0.05, 0.1) is 23.4 Å². The van der Waals surface area contributed by atoms with Gasteiger partial charge in [0.15, 0.2) is 0 Å². The van der Waals surface area contributed by atoms with E-state index in [1.165, 1.54) is 12.0 Å². The first-order valence-corrected chi connectivity index (χ1v) is 6.68. The van der Waals surface area contributed by atoms with Gasteiger partial charge in [-0.2, -0.15) is 0 Å². The van der Waals surface area contributed by atoms with Gasteiger partial charge in [0.1, 0.15) is 5.75 Å². The van der Waals surface area contributed by atoms with Crippen LogP contribution in [-0.2, 0) is 5.75 Å². The summed E-state index contributed by atoms with van der Waals surface area (Å²) in [5.41, 5.74) is 1.55. The van der Waals surface area contributed by atoms with E-state index in [9.17, 15) is 4.79 Å². The molecule has 2 aromatic rings. The molecule has 0 amide bonds. The zero-order valence-electron chi connectivity index (χ0n) is 9.51. The molecule has 18 heavy (non-hydrogen) atoms. The van der Waals surface area contributed by atoms with Crippen LogP contribution >= 0.6 is 23.6 Å². The van der Waals surface area contributed by atoms with Crippen molar-refractivity contribution in [1.29, 1.82) is 0 Å². The lowest BCUT2D eigenvalue weighted by Crippen LogP contribution is -1.94. The smallest absolute Gasteiger partial charge is 0.256 e. The van der Waals surface area contributed by atoms with E-state index in [0.29, 0.717) is 17.1 Å². The summed E-state index contributed by atoms with van der Waals surface area (Å²) in [4.78, 5) is 11.2. The van der Waals surface area contributed by atoms with Crippen molar-refractivity contribution < 1.29 is 8.98 Å². The second-order valence-electron chi connectivity index (χ2n) is 3.60. The fourth-order valence-corrected chi connectivity index (χ4v) is 2.25. The van der Waals surface area contributed by atoms with Gasteiger partial charge in [-0.15, -0.1) is 0 Å². The highest BCUT2D eigenvalue weighted by atomic mass is 35.5. The van der Waals surface area contributed by atoms with Crippen LogP contribution in [-0.4, -0.2) is 5.24 Å². The normalized spacial score (nSPS) is 10.1. The molecule has 0 fully saturated rings. The third-order valence-electron chi connectivity index (χ3n) is 2.32. The number of hydrogen-bond acceptors (Lipinski definition) is 3. The first kappa shape index (κ1) is 13.0. The molecule has 0 radical (unpaired) electrons. The summed E-state index contributed by atoms with van der Waals surface area (Å²) in [5.74, 6) is 1.21. The summed E-state index contributed by atoms with van der Waals surface area (Å²) >= 11 is 6.76. The van der Waals surface area contributed by atoms with Crippen LogP contribution in [0.4, 0.5) is 0 Å². The van der Waals surface area contributed by atoms with E-state index < -0.39 is 5.24 Å².